The fourth-order valence-electron chi connectivity index (χ4n) is 2.97. The molecule has 6 heteroatoms. The lowest BCUT2D eigenvalue weighted by molar-refractivity contribution is 0.0919. The Balaban J connectivity index is 1.35. The zero-order valence-electron chi connectivity index (χ0n) is 15.8. The summed E-state index contributed by atoms with van der Waals surface area (Å²) in [5.41, 5.74) is 1.99. The Hall–Kier alpha value is -3.54. The van der Waals surface area contributed by atoms with Crippen LogP contribution in [0.2, 0.25) is 0 Å². The molecule has 28 heavy (non-hydrogen) atoms. The highest BCUT2D eigenvalue weighted by Gasteiger charge is 2.13. The van der Waals surface area contributed by atoms with E-state index in [4.69, 9.17) is 9.15 Å². The standard InChI is InChI=1S/C22H21N3O3/c1-15-18(13-24-25(15)2)12-23-22(26)21-10-9-20(28-21)14-27-19-8-7-16-5-3-4-6-17(16)11-19/h3-11,13H,12,14H2,1-2H3,(H,23,26). The van der Waals surface area contributed by atoms with Crippen molar-refractivity contribution in [2.24, 2.45) is 7.05 Å². The number of furan rings is 1. The number of carbonyl (C=O) groups excluding carboxylic acids is 1. The molecular weight excluding hydrogens is 354 g/mol. The van der Waals surface area contributed by atoms with Gasteiger partial charge in [0.25, 0.3) is 5.91 Å². The monoisotopic (exact) mass is 375 g/mol. The number of benzene rings is 2. The minimum absolute atomic E-state index is 0.257. The van der Waals surface area contributed by atoms with E-state index in [1.165, 1.54) is 0 Å². The summed E-state index contributed by atoms with van der Waals surface area (Å²) < 4.78 is 13.2. The summed E-state index contributed by atoms with van der Waals surface area (Å²) in [6.45, 7) is 2.62. The third kappa shape index (κ3) is 3.76. The van der Waals surface area contributed by atoms with Gasteiger partial charge in [-0.2, -0.15) is 5.10 Å². The molecule has 2 aromatic carbocycles. The number of rotatable bonds is 6. The number of ether oxygens (including phenoxy) is 1. The molecule has 0 atom stereocenters. The van der Waals surface area contributed by atoms with Crippen molar-refractivity contribution in [1.29, 1.82) is 0 Å². The maximum absolute atomic E-state index is 12.3. The maximum atomic E-state index is 12.3. The van der Waals surface area contributed by atoms with Crippen LogP contribution in [0.1, 0.15) is 27.6 Å². The molecule has 2 aromatic heterocycles. The molecule has 4 rings (SSSR count). The van der Waals surface area contributed by atoms with Crippen molar-refractivity contribution in [3.05, 3.63) is 83.6 Å². The van der Waals surface area contributed by atoms with Crippen LogP contribution in [0.3, 0.4) is 0 Å². The molecule has 4 aromatic rings. The van der Waals surface area contributed by atoms with Crippen molar-refractivity contribution >= 4 is 16.7 Å². The summed E-state index contributed by atoms with van der Waals surface area (Å²) in [6.07, 6.45) is 1.75. The summed E-state index contributed by atoms with van der Waals surface area (Å²) in [4.78, 5) is 12.3. The highest BCUT2D eigenvalue weighted by Crippen LogP contribution is 2.21. The predicted molar refractivity (Wildman–Crippen MR) is 106 cm³/mol. The molecule has 0 saturated heterocycles. The molecule has 0 aliphatic carbocycles. The second-order valence-corrected chi connectivity index (χ2v) is 6.63. The van der Waals surface area contributed by atoms with Gasteiger partial charge in [0, 0.05) is 24.8 Å². The van der Waals surface area contributed by atoms with E-state index in [1.54, 1.807) is 23.0 Å². The van der Waals surface area contributed by atoms with Gasteiger partial charge in [-0.1, -0.05) is 30.3 Å². The number of aryl methyl sites for hydroxylation is 1. The molecule has 0 radical (unpaired) electrons. The Morgan fingerprint density at radius 2 is 1.96 bits per heavy atom. The van der Waals surface area contributed by atoms with E-state index in [-0.39, 0.29) is 18.3 Å². The van der Waals surface area contributed by atoms with Gasteiger partial charge in [-0.15, -0.1) is 0 Å². The first kappa shape index (κ1) is 17.9. The SMILES string of the molecule is Cc1c(CNC(=O)c2ccc(COc3ccc4ccccc4c3)o2)cnn1C. The number of nitrogens with one attached hydrogen (secondary N) is 1. The predicted octanol–water partition coefficient (Wildman–Crippen LogP) is 3.98. The lowest BCUT2D eigenvalue weighted by Crippen LogP contribution is -2.22. The first-order valence-electron chi connectivity index (χ1n) is 9.06. The average molecular weight is 375 g/mol. The van der Waals surface area contributed by atoms with E-state index < -0.39 is 0 Å². The van der Waals surface area contributed by atoms with Crippen LogP contribution in [0.25, 0.3) is 10.8 Å². The minimum atomic E-state index is -0.264. The summed E-state index contributed by atoms with van der Waals surface area (Å²) in [5, 5.41) is 9.30. The Morgan fingerprint density at radius 3 is 2.75 bits per heavy atom. The van der Waals surface area contributed by atoms with Crippen molar-refractivity contribution in [2.75, 3.05) is 0 Å². The van der Waals surface area contributed by atoms with Crippen LogP contribution in [0, 0.1) is 6.92 Å². The molecule has 6 nitrogen and oxygen atoms in total. The van der Waals surface area contributed by atoms with Gasteiger partial charge in [0.2, 0.25) is 0 Å². The van der Waals surface area contributed by atoms with Gasteiger partial charge in [0.05, 0.1) is 6.20 Å². The van der Waals surface area contributed by atoms with E-state index >= 15 is 0 Å². The van der Waals surface area contributed by atoms with Gasteiger partial charge in [0.1, 0.15) is 18.1 Å². The second kappa shape index (κ2) is 7.60. The second-order valence-electron chi connectivity index (χ2n) is 6.63. The Morgan fingerprint density at radius 1 is 1.14 bits per heavy atom. The van der Waals surface area contributed by atoms with Crippen LogP contribution in [0.5, 0.6) is 5.75 Å². The van der Waals surface area contributed by atoms with Gasteiger partial charge in [-0.3, -0.25) is 9.48 Å². The van der Waals surface area contributed by atoms with Gasteiger partial charge < -0.3 is 14.5 Å². The average Bonchev–Trinajstić information content (AvgIpc) is 3.32. The molecular formula is C22H21N3O3. The molecule has 1 N–H and O–H groups in total. The van der Waals surface area contributed by atoms with Gasteiger partial charge >= 0.3 is 0 Å². The third-order valence-corrected chi connectivity index (χ3v) is 4.76. The van der Waals surface area contributed by atoms with E-state index in [2.05, 4.69) is 16.5 Å². The van der Waals surface area contributed by atoms with E-state index in [0.717, 1.165) is 27.8 Å². The van der Waals surface area contributed by atoms with Crippen molar-refractivity contribution in [1.82, 2.24) is 15.1 Å². The van der Waals surface area contributed by atoms with Gasteiger partial charge in [-0.05, 0) is 42.0 Å². The zero-order chi connectivity index (χ0) is 19.5. The highest BCUT2D eigenvalue weighted by atomic mass is 16.5. The molecule has 0 bridgehead atoms. The van der Waals surface area contributed by atoms with E-state index in [0.29, 0.717) is 12.3 Å². The molecule has 1 amide bonds. The molecule has 0 saturated carbocycles. The molecule has 0 aliphatic rings. The zero-order valence-corrected chi connectivity index (χ0v) is 15.8. The molecule has 0 aliphatic heterocycles. The first-order valence-corrected chi connectivity index (χ1v) is 9.06. The van der Waals surface area contributed by atoms with E-state index in [9.17, 15) is 4.79 Å². The number of nitrogens with zero attached hydrogens (tertiary/aromatic N) is 2. The summed E-state index contributed by atoms with van der Waals surface area (Å²) >= 11 is 0. The number of fused-ring (bicyclic) bond motifs is 1. The number of aromatic nitrogens is 2. The van der Waals surface area contributed by atoms with Gasteiger partial charge in [-0.25, -0.2) is 0 Å². The maximum Gasteiger partial charge on any atom is 0.287 e. The van der Waals surface area contributed by atoms with Crippen molar-refractivity contribution in [3.8, 4) is 5.75 Å². The number of hydrogen-bond donors (Lipinski definition) is 1. The number of carbonyl (C=O) groups is 1. The van der Waals surface area contributed by atoms with Gasteiger partial charge in [0.15, 0.2) is 5.76 Å². The fourth-order valence-corrected chi connectivity index (χ4v) is 2.97. The number of amides is 1. The fraction of sp³-hybridized carbons (Fsp3) is 0.182. The lowest BCUT2D eigenvalue weighted by atomic mass is 10.1. The summed E-state index contributed by atoms with van der Waals surface area (Å²) in [7, 11) is 1.87. The Kier molecular flexibility index (Phi) is 4.85. The van der Waals surface area contributed by atoms with Crippen molar-refractivity contribution < 1.29 is 13.9 Å². The highest BCUT2D eigenvalue weighted by molar-refractivity contribution is 5.91. The van der Waals surface area contributed by atoms with Crippen molar-refractivity contribution in [2.45, 2.75) is 20.1 Å². The quantitative estimate of drug-likeness (QED) is 0.553. The summed E-state index contributed by atoms with van der Waals surface area (Å²) in [6, 6.07) is 17.5. The summed E-state index contributed by atoms with van der Waals surface area (Å²) in [5.74, 6) is 1.35. The van der Waals surface area contributed by atoms with Crippen LogP contribution in [0.4, 0.5) is 0 Å². The molecule has 0 unspecified atom stereocenters. The normalized spacial score (nSPS) is 10.9. The molecule has 0 fully saturated rings. The van der Waals surface area contributed by atoms with Crippen LogP contribution < -0.4 is 10.1 Å². The van der Waals surface area contributed by atoms with Crippen LogP contribution in [-0.4, -0.2) is 15.7 Å². The molecule has 2 heterocycles. The molecule has 142 valence electrons. The topological polar surface area (TPSA) is 69.3 Å². The van der Waals surface area contributed by atoms with Crippen LogP contribution in [0.15, 0.2) is 65.2 Å². The smallest absolute Gasteiger partial charge is 0.287 e. The Bertz CT molecular complexity index is 1130. The van der Waals surface area contributed by atoms with Crippen LogP contribution in [-0.2, 0) is 20.2 Å². The molecule has 0 spiro atoms. The van der Waals surface area contributed by atoms with Crippen molar-refractivity contribution in [3.63, 3.8) is 0 Å². The first-order chi connectivity index (χ1) is 13.6. The van der Waals surface area contributed by atoms with E-state index in [1.807, 2.05) is 50.4 Å². The third-order valence-electron chi connectivity index (χ3n) is 4.76. The Labute approximate surface area is 162 Å². The lowest BCUT2D eigenvalue weighted by Gasteiger charge is -2.06. The number of hydrogen-bond acceptors (Lipinski definition) is 4. The van der Waals surface area contributed by atoms with Crippen LogP contribution >= 0.6 is 0 Å². The minimum Gasteiger partial charge on any atom is -0.486 e. The largest absolute Gasteiger partial charge is 0.486 e.